The number of ether oxygens (including phenoxy) is 1. The largest absolute Gasteiger partial charge is 0.486 e. The number of benzene rings is 2. The average Bonchev–Trinajstić information content (AvgIpc) is 2.56. The SMILES string of the molecule is CCC.NCCC(Oc1ccc(C(F)(F)F)cc1)c1ccccc1. The highest BCUT2D eigenvalue weighted by Gasteiger charge is 2.30. The van der Waals surface area contributed by atoms with Crippen molar-refractivity contribution in [1.29, 1.82) is 0 Å². The third-order valence-corrected chi connectivity index (χ3v) is 3.06. The second-order valence-electron chi connectivity index (χ2n) is 5.32. The second-order valence-corrected chi connectivity index (χ2v) is 5.32. The summed E-state index contributed by atoms with van der Waals surface area (Å²) in [7, 11) is 0. The first kappa shape index (κ1) is 20.0. The topological polar surface area (TPSA) is 35.2 Å². The van der Waals surface area contributed by atoms with Crippen LogP contribution in [0.4, 0.5) is 13.2 Å². The lowest BCUT2D eigenvalue weighted by molar-refractivity contribution is -0.137. The van der Waals surface area contributed by atoms with E-state index in [1.165, 1.54) is 18.6 Å². The molecule has 5 heteroatoms. The number of nitrogens with two attached hydrogens (primary N) is 1. The lowest BCUT2D eigenvalue weighted by Gasteiger charge is -2.19. The summed E-state index contributed by atoms with van der Waals surface area (Å²) in [6.07, 6.45) is -2.77. The first-order valence-corrected chi connectivity index (χ1v) is 8.01. The lowest BCUT2D eigenvalue weighted by Crippen LogP contribution is -2.13. The molecule has 0 fully saturated rings. The number of alkyl halides is 3. The molecule has 0 aliphatic heterocycles. The molecule has 2 nitrogen and oxygen atoms in total. The van der Waals surface area contributed by atoms with Gasteiger partial charge in [-0.15, -0.1) is 0 Å². The van der Waals surface area contributed by atoms with Crippen LogP contribution in [0.5, 0.6) is 5.75 Å². The Morgan fingerprint density at radius 3 is 1.96 bits per heavy atom. The van der Waals surface area contributed by atoms with Crippen LogP contribution >= 0.6 is 0 Å². The predicted molar refractivity (Wildman–Crippen MR) is 90.9 cm³/mol. The van der Waals surface area contributed by atoms with Crippen LogP contribution in [-0.2, 0) is 6.18 Å². The highest BCUT2D eigenvalue weighted by Crippen LogP contribution is 2.31. The third-order valence-electron chi connectivity index (χ3n) is 3.06. The van der Waals surface area contributed by atoms with Gasteiger partial charge in [-0.05, 0) is 36.4 Å². The van der Waals surface area contributed by atoms with E-state index in [9.17, 15) is 13.2 Å². The first-order chi connectivity index (χ1) is 11.4. The van der Waals surface area contributed by atoms with Crippen LogP contribution in [0.1, 0.15) is 43.9 Å². The Morgan fingerprint density at radius 2 is 1.50 bits per heavy atom. The molecular formula is C19H24F3NO. The maximum absolute atomic E-state index is 12.5. The van der Waals surface area contributed by atoms with Crippen molar-refractivity contribution in [1.82, 2.24) is 0 Å². The van der Waals surface area contributed by atoms with Gasteiger partial charge in [0, 0.05) is 6.42 Å². The zero-order chi connectivity index (χ0) is 18.0. The molecule has 0 heterocycles. The molecular weight excluding hydrogens is 315 g/mol. The molecule has 0 saturated carbocycles. The van der Waals surface area contributed by atoms with Gasteiger partial charge in [-0.3, -0.25) is 0 Å². The minimum absolute atomic E-state index is 0.270. The van der Waals surface area contributed by atoms with Crippen molar-refractivity contribution in [3.63, 3.8) is 0 Å². The van der Waals surface area contributed by atoms with Crippen molar-refractivity contribution >= 4 is 0 Å². The van der Waals surface area contributed by atoms with E-state index in [1.807, 2.05) is 30.3 Å². The predicted octanol–water partition coefficient (Wildman–Crippen LogP) is 5.59. The summed E-state index contributed by atoms with van der Waals surface area (Å²) in [4.78, 5) is 0. The molecule has 2 aromatic carbocycles. The van der Waals surface area contributed by atoms with E-state index in [1.54, 1.807) is 0 Å². The number of hydrogen-bond acceptors (Lipinski definition) is 2. The molecule has 0 aliphatic rings. The summed E-state index contributed by atoms with van der Waals surface area (Å²) in [5, 5.41) is 0. The minimum Gasteiger partial charge on any atom is -0.486 e. The van der Waals surface area contributed by atoms with E-state index < -0.39 is 11.7 Å². The maximum Gasteiger partial charge on any atom is 0.416 e. The second kappa shape index (κ2) is 9.98. The fraction of sp³-hybridized carbons (Fsp3) is 0.368. The van der Waals surface area contributed by atoms with Crippen LogP contribution in [0, 0.1) is 0 Å². The van der Waals surface area contributed by atoms with Crippen molar-refractivity contribution in [2.75, 3.05) is 6.54 Å². The van der Waals surface area contributed by atoms with Gasteiger partial charge in [0.1, 0.15) is 11.9 Å². The van der Waals surface area contributed by atoms with Gasteiger partial charge in [0.15, 0.2) is 0 Å². The summed E-state index contributed by atoms with van der Waals surface area (Å²) < 4.78 is 43.3. The number of hydrogen-bond donors (Lipinski definition) is 1. The monoisotopic (exact) mass is 339 g/mol. The number of rotatable bonds is 5. The van der Waals surface area contributed by atoms with Crippen LogP contribution in [0.15, 0.2) is 54.6 Å². The molecule has 24 heavy (non-hydrogen) atoms. The van der Waals surface area contributed by atoms with Crippen LogP contribution in [0.2, 0.25) is 0 Å². The summed E-state index contributed by atoms with van der Waals surface area (Å²) in [6.45, 7) is 4.68. The molecule has 0 aromatic heterocycles. The zero-order valence-electron chi connectivity index (χ0n) is 14.0. The maximum atomic E-state index is 12.5. The third kappa shape index (κ3) is 6.62. The van der Waals surface area contributed by atoms with Crippen molar-refractivity contribution in [2.45, 2.75) is 39.0 Å². The van der Waals surface area contributed by atoms with Gasteiger partial charge in [0.05, 0.1) is 5.56 Å². The molecule has 0 saturated heterocycles. The summed E-state index contributed by atoms with van der Waals surface area (Å²) in [5.41, 5.74) is 5.83. The summed E-state index contributed by atoms with van der Waals surface area (Å²) in [6, 6.07) is 14.2. The van der Waals surface area contributed by atoms with Crippen molar-refractivity contribution < 1.29 is 17.9 Å². The molecule has 2 rings (SSSR count). The van der Waals surface area contributed by atoms with Gasteiger partial charge >= 0.3 is 6.18 Å². The average molecular weight is 339 g/mol. The van der Waals surface area contributed by atoms with E-state index in [0.717, 1.165) is 17.7 Å². The Kier molecular flexibility index (Phi) is 8.33. The van der Waals surface area contributed by atoms with Gasteiger partial charge in [-0.1, -0.05) is 50.6 Å². The van der Waals surface area contributed by atoms with Crippen LogP contribution < -0.4 is 10.5 Å². The summed E-state index contributed by atoms with van der Waals surface area (Å²) >= 11 is 0. The summed E-state index contributed by atoms with van der Waals surface area (Å²) in [5.74, 6) is 0.394. The van der Waals surface area contributed by atoms with Crippen LogP contribution in [-0.4, -0.2) is 6.54 Å². The fourth-order valence-electron chi connectivity index (χ4n) is 2.00. The quantitative estimate of drug-likeness (QED) is 0.770. The van der Waals surface area contributed by atoms with E-state index in [-0.39, 0.29) is 6.10 Å². The van der Waals surface area contributed by atoms with E-state index in [0.29, 0.717) is 18.7 Å². The van der Waals surface area contributed by atoms with Crippen molar-refractivity contribution in [3.8, 4) is 5.75 Å². The Hall–Kier alpha value is -2.01. The normalized spacial score (nSPS) is 12.1. The van der Waals surface area contributed by atoms with Gasteiger partial charge < -0.3 is 10.5 Å². The molecule has 1 atom stereocenters. The Labute approximate surface area is 141 Å². The molecule has 0 radical (unpaired) electrons. The van der Waals surface area contributed by atoms with Gasteiger partial charge in [-0.25, -0.2) is 0 Å². The van der Waals surface area contributed by atoms with Crippen LogP contribution in [0.25, 0.3) is 0 Å². The van der Waals surface area contributed by atoms with Gasteiger partial charge in [0.2, 0.25) is 0 Å². The van der Waals surface area contributed by atoms with E-state index in [2.05, 4.69) is 13.8 Å². The standard InChI is InChI=1S/C16H16F3NO.C3H8/c17-16(18,19)13-6-8-14(9-7-13)21-15(10-11-20)12-4-2-1-3-5-12;1-3-2/h1-9,15H,10-11,20H2;3H2,1-2H3. The lowest BCUT2D eigenvalue weighted by atomic mass is 10.1. The van der Waals surface area contributed by atoms with Gasteiger partial charge in [-0.2, -0.15) is 13.2 Å². The van der Waals surface area contributed by atoms with Crippen LogP contribution in [0.3, 0.4) is 0 Å². The molecule has 2 aromatic rings. The van der Waals surface area contributed by atoms with Gasteiger partial charge in [0.25, 0.3) is 0 Å². The molecule has 0 bridgehead atoms. The first-order valence-electron chi connectivity index (χ1n) is 8.01. The molecule has 0 aliphatic carbocycles. The Bertz CT molecular complexity index is 567. The molecule has 1 unspecified atom stereocenters. The highest BCUT2D eigenvalue weighted by atomic mass is 19.4. The van der Waals surface area contributed by atoms with Crippen molar-refractivity contribution in [3.05, 3.63) is 65.7 Å². The Balaban J connectivity index is 0.000000891. The Morgan fingerprint density at radius 1 is 0.958 bits per heavy atom. The molecule has 132 valence electrons. The molecule has 0 spiro atoms. The number of halogens is 3. The smallest absolute Gasteiger partial charge is 0.416 e. The molecule has 0 amide bonds. The zero-order valence-corrected chi connectivity index (χ0v) is 14.0. The van der Waals surface area contributed by atoms with E-state index >= 15 is 0 Å². The fourth-order valence-corrected chi connectivity index (χ4v) is 2.00. The molecule has 2 N–H and O–H groups in total. The highest BCUT2D eigenvalue weighted by molar-refractivity contribution is 5.30. The minimum atomic E-state index is -4.34. The van der Waals surface area contributed by atoms with E-state index in [4.69, 9.17) is 10.5 Å². The van der Waals surface area contributed by atoms with Crippen molar-refractivity contribution in [2.24, 2.45) is 5.73 Å².